The predicted octanol–water partition coefficient (Wildman–Crippen LogP) is 3.23. The average molecular weight is 408 g/mol. The van der Waals surface area contributed by atoms with Crippen LogP contribution in [0.1, 0.15) is 35.7 Å². The minimum atomic E-state index is -3.94. The third-order valence-corrected chi connectivity index (χ3v) is 6.77. The van der Waals surface area contributed by atoms with Crippen LogP contribution in [-0.4, -0.2) is 49.7 Å². The van der Waals surface area contributed by atoms with Crippen LogP contribution < -0.4 is 0 Å². The largest absolute Gasteiger partial charge is 0.336 e. The quantitative estimate of drug-likeness (QED) is 0.781. The van der Waals surface area contributed by atoms with E-state index in [-0.39, 0.29) is 37.0 Å². The molecule has 0 radical (unpaired) electrons. The first-order valence-electron chi connectivity index (χ1n) is 9.04. The number of amides is 1. The van der Waals surface area contributed by atoms with Gasteiger partial charge in [0, 0.05) is 31.7 Å². The molecule has 0 spiro atoms. The highest BCUT2D eigenvalue weighted by Gasteiger charge is 2.31. The number of hydrogen-bond acceptors (Lipinski definition) is 3. The summed E-state index contributed by atoms with van der Waals surface area (Å²) < 4.78 is 52.9. The molecule has 1 amide bonds. The zero-order valence-electron chi connectivity index (χ0n) is 15.7. The Hall–Kier alpha value is -2.32. The predicted molar refractivity (Wildman–Crippen MR) is 102 cm³/mol. The highest BCUT2D eigenvalue weighted by atomic mass is 32.2. The maximum Gasteiger partial charge on any atom is 0.253 e. The van der Waals surface area contributed by atoms with Crippen LogP contribution in [0.3, 0.4) is 0 Å². The normalized spacial score (nSPS) is 15.8. The van der Waals surface area contributed by atoms with Crippen LogP contribution in [-0.2, 0) is 10.0 Å². The van der Waals surface area contributed by atoms with Gasteiger partial charge in [0.15, 0.2) is 11.6 Å². The smallest absolute Gasteiger partial charge is 0.253 e. The molecule has 2 aromatic rings. The first kappa shape index (κ1) is 20.4. The van der Waals surface area contributed by atoms with Crippen molar-refractivity contribution in [2.24, 2.45) is 0 Å². The fourth-order valence-corrected chi connectivity index (χ4v) is 4.55. The summed E-state index contributed by atoms with van der Waals surface area (Å²) in [5.41, 5.74) is 1.69. The van der Waals surface area contributed by atoms with Gasteiger partial charge in [-0.25, -0.2) is 17.2 Å². The molecule has 0 aliphatic carbocycles. The summed E-state index contributed by atoms with van der Waals surface area (Å²) in [5.74, 6) is -2.09. The molecule has 1 aliphatic heterocycles. The zero-order valence-corrected chi connectivity index (χ0v) is 16.5. The van der Waals surface area contributed by atoms with E-state index in [4.69, 9.17) is 0 Å². The molecule has 1 heterocycles. The van der Waals surface area contributed by atoms with Crippen LogP contribution in [0.15, 0.2) is 47.4 Å². The third kappa shape index (κ3) is 4.07. The van der Waals surface area contributed by atoms with E-state index >= 15 is 0 Å². The molecular weight excluding hydrogens is 386 g/mol. The lowest BCUT2D eigenvalue weighted by molar-refractivity contribution is 0.0698. The summed E-state index contributed by atoms with van der Waals surface area (Å²) >= 11 is 0. The van der Waals surface area contributed by atoms with Crippen molar-refractivity contribution in [2.45, 2.75) is 24.7 Å². The number of carbonyl (C=O) groups excluding carboxylic acids is 1. The highest BCUT2D eigenvalue weighted by Crippen LogP contribution is 2.21. The van der Waals surface area contributed by atoms with Gasteiger partial charge in [-0.2, -0.15) is 4.31 Å². The lowest BCUT2D eigenvalue weighted by Gasteiger charge is -2.34. The Morgan fingerprint density at radius 3 is 2.07 bits per heavy atom. The van der Waals surface area contributed by atoms with E-state index in [0.717, 1.165) is 17.7 Å². The molecule has 0 atom stereocenters. The second-order valence-corrected chi connectivity index (χ2v) is 8.99. The molecule has 0 unspecified atom stereocenters. The van der Waals surface area contributed by atoms with E-state index in [2.05, 4.69) is 13.8 Å². The summed E-state index contributed by atoms with van der Waals surface area (Å²) in [6.07, 6.45) is 0. The molecule has 150 valence electrons. The van der Waals surface area contributed by atoms with Crippen molar-refractivity contribution < 1.29 is 22.0 Å². The van der Waals surface area contributed by atoms with E-state index in [1.807, 2.05) is 12.1 Å². The molecule has 28 heavy (non-hydrogen) atoms. The summed E-state index contributed by atoms with van der Waals surface area (Å²) in [6, 6.07) is 9.91. The summed E-state index contributed by atoms with van der Waals surface area (Å²) in [4.78, 5) is 14.0. The van der Waals surface area contributed by atoms with Crippen LogP contribution in [0.4, 0.5) is 8.78 Å². The number of piperazine rings is 1. The van der Waals surface area contributed by atoms with Gasteiger partial charge < -0.3 is 4.90 Å². The minimum Gasteiger partial charge on any atom is -0.336 e. The Morgan fingerprint density at radius 2 is 1.54 bits per heavy atom. The Balaban J connectivity index is 1.68. The van der Waals surface area contributed by atoms with E-state index in [1.54, 1.807) is 17.0 Å². The molecule has 0 bridgehead atoms. The van der Waals surface area contributed by atoms with Crippen molar-refractivity contribution in [1.29, 1.82) is 0 Å². The molecule has 5 nitrogen and oxygen atoms in total. The Kier molecular flexibility index (Phi) is 5.81. The van der Waals surface area contributed by atoms with Gasteiger partial charge in [-0.15, -0.1) is 0 Å². The molecule has 3 rings (SSSR count). The molecular formula is C20H22F2N2O3S. The Bertz CT molecular complexity index is 967. The van der Waals surface area contributed by atoms with Gasteiger partial charge in [-0.1, -0.05) is 26.0 Å². The van der Waals surface area contributed by atoms with Gasteiger partial charge in [0.1, 0.15) is 0 Å². The fraction of sp³-hybridized carbons (Fsp3) is 0.350. The third-order valence-electron chi connectivity index (χ3n) is 4.88. The lowest BCUT2D eigenvalue weighted by atomic mass is 10.0. The maximum absolute atomic E-state index is 13.4. The topological polar surface area (TPSA) is 57.7 Å². The van der Waals surface area contributed by atoms with Crippen molar-refractivity contribution in [3.05, 3.63) is 65.2 Å². The zero-order chi connectivity index (χ0) is 20.5. The Labute approximate surface area is 163 Å². The Morgan fingerprint density at radius 1 is 0.929 bits per heavy atom. The number of rotatable bonds is 4. The second kappa shape index (κ2) is 7.97. The molecule has 8 heteroatoms. The number of hydrogen-bond donors (Lipinski definition) is 0. The van der Waals surface area contributed by atoms with Gasteiger partial charge in [0.05, 0.1) is 4.90 Å². The minimum absolute atomic E-state index is 0.0944. The van der Waals surface area contributed by atoms with Crippen LogP contribution in [0.25, 0.3) is 0 Å². The van der Waals surface area contributed by atoms with Gasteiger partial charge in [-0.05, 0) is 41.8 Å². The molecule has 0 N–H and O–H groups in total. The van der Waals surface area contributed by atoms with Crippen LogP contribution in [0.2, 0.25) is 0 Å². The van der Waals surface area contributed by atoms with E-state index < -0.39 is 21.7 Å². The lowest BCUT2D eigenvalue weighted by Crippen LogP contribution is -2.50. The molecule has 2 aromatic carbocycles. The van der Waals surface area contributed by atoms with Crippen molar-refractivity contribution in [3.63, 3.8) is 0 Å². The van der Waals surface area contributed by atoms with Crippen molar-refractivity contribution >= 4 is 15.9 Å². The van der Waals surface area contributed by atoms with Crippen LogP contribution in [0, 0.1) is 11.6 Å². The summed E-state index contributed by atoms with van der Waals surface area (Å²) in [7, 11) is -3.94. The molecule has 0 saturated carbocycles. The number of halogens is 2. The van der Waals surface area contributed by atoms with Crippen molar-refractivity contribution in [2.75, 3.05) is 26.2 Å². The molecule has 1 aliphatic rings. The van der Waals surface area contributed by atoms with E-state index in [0.29, 0.717) is 17.5 Å². The van der Waals surface area contributed by atoms with Gasteiger partial charge >= 0.3 is 0 Å². The standard InChI is InChI=1S/C20H22F2N2O3S/c1-14(2)15-3-5-16(6-4-15)20(25)23-9-11-24(12-10-23)28(26,27)17-7-8-18(21)19(22)13-17/h3-8,13-14H,9-12H2,1-2H3. The summed E-state index contributed by atoms with van der Waals surface area (Å²) in [6.45, 7) is 4.79. The van der Waals surface area contributed by atoms with E-state index in [1.165, 1.54) is 4.31 Å². The van der Waals surface area contributed by atoms with Gasteiger partial charge in [-0.3, -0.25) is 4.79 Å². The molecule has 1 saturated heterocycles. The average Bonchev–Trinajstić information content (AvgIpc) is 2.69. The van der Waals surface area contributed by atoms with Crippen LogP contribution in [0.5, 0.6) is 0 Å². The van der Waals surface area contributed by atoms with Gasteiger partial charge in [0.2, 0.25) is 10.0 Å². The molecule has 1 fully saturated rings. The first-order chi connectivity index (χ1) is 13.2. The monoisotopic (exact) mass is 408 g/mol. The van der Waals surface area contributed by atoms with Crippen molar-refractivity contribution in [1.82, 2.24) is 9.21 Å². The first-order valence-corrected chi connectivity index (χ1v) is 10.5. The van der Waals surface area contributed by atoms with Crippen LogP contribution >= 0.6 is 0 Å². The highest BCUT2D eigenvalue weighted by molar-refractivity contribution is 7.89. The SMILES string of the molecule is CC(C)c1ccc(C(=O)N2CCN(S(=O)(=O)c3ccc(F)c(F)c3)CC2)cc1. The number of sulfonamides is 1. The maximum atomic E-state index is 13.4. The van der Waals surface area contributed by atoms with Crippen molar-refractivity contribution in [3.8, 4) is 0 Å². The molecule has 0 aromatic heterocycles. The number of nitrogens with zero attached hydrogens (tertiary/aromatic N) is 2. The number of carbonyl (C=O) groups is 1. The summed E-state index contributed by atoms with van der Waals surface area (Å²) in [5, 5.41) is 0. The fourth-order valence-electron chi connectivity index (χ4n) is 3.11. The second-order valence-electron chi connectivity index (χ2n) is 7.05. The van der Waals surface area contributed by atoms with Gasteiger partial charge in [0.25, 0.3) is 5.91 Å². The van der Waals surface area contributed by atoms with E-state index in [9.17, 15) is 22.0 Å². The number of benzene rings is 2.